The molecule has 0 atom stereocenters. The molecule has 0 saturated heterocycles. The van der Waals surface area contributed by atoms with Gasteiger partial charge in [0.2, 0.25) is 0 Å². The van der Waals surface area contributed by atoms with Crippen LogP contribution in [0.1, 0.15) is 5.69 Å². The number of H-pyrrole nitrogens is 1. The highest BCUT2D eigenvalue weighted by Crippen LogP contribution is 2.33. The van der Waals surface area contributed by atoms with Crippen LogP contribution in [-0.2, 0) is 0 Å². The summed E-state index contributed by atoms with van der Waals surface area (Å²) in [7, 11) is 1.68. The minimum atomic E-state index is 0.773. The average Bonchev–Trinajstić information content (AvgIpc) is 3.41. The first-order valence-electron chi connectivity index (χ1n) is 9.69. The number of aromatic nitrogens is 4. The van der Waals surface area contributed by atoms with Crippen LogP contribution in [0.4, 0.5) is 11.4 Å². The summed E-state index contributed by atoms with van der Waals surface area (Å²) in [5.41, 5.74) is 7.04. The Morgan fingerprint density at radius 3 is 2.77 bits per heavy atom. The normalized spacial score (nSPS) is 11.0. The van der Waals surface area contributed by atoms with Crippen molar-refractivity contribution in [3.63, 3.8) is 0 Å². The molecular weight excluding hydrogens is 374 g/mol. The van der Waals surface area contributed by atoms with Crippen LogP contribution in [0, 0.1) is 6.92 Å². The van der Waals surface area contributed by atoms with E-state index in [9.17, 15) is 0 Å². The van der Waals surface area contributed by atoms with E-state index in [1.807, 2.05) is 60.3 Å². The lowest BCUT2D eigenvalue weighted by atomic mass is 10.1. The largest absolute Gasteiger partial charge is 0.494 e. The van der Waals surface area contributed by atoms with Crippen molar-refractivity contribution in [3.05, 3.63) is 85.2 Å². The Morgan fingerprint density at radius 1 is 1.07 bits per heavy atom. The minimum Gasteiger partial charge on any atom is -0.494 e. The molecular formula is C24H21N5O. The minimum absolute atomic E-state index is 0.773. The number of nitrogens with zero attached hydrogens (tertiary/aromatic N) is 3. The maximum atomic E-state index is 5.64. The van der Waals surface area contributed by atoms with Crippen molar-refractivity contribution in [1.82, 2.24) is 19.5 Å². The van der Waals surface area contributed by atoms with E-state index in [1.165, 1.54) is 0 Å². The quantitative estimate of drug-likeness (QED) is 0.414. The lowest BCUT2D eigenvalue weighted by molar-refractivity contribution is 0.413. The third-order valence-electron chi connectivity index (χ3n) is 5.09. The highest BCUT2D eigenvalue weighted by atomic mass is 16.5. The number of fused-ring (bicyclic) bond motifs is 1. The molecule has 0 spiro atoms. The van der Waals surface area contributed by atoms with Crippen molar-refractivity contribution >= 4 is 22.3 Å². The molecule has 0 aliphatic rings. The summed E-state index contributed by atoms with van der Waals surface area (Å²) in [6, 6.07) is 18.4. The molecule has 5 aromatic rings. The number of benzene rings is 2. The fourth-order valence-electron chi connectivity index (χ4n) is 3.62. The Bertz CT molecular complexity index is 1320. The zero-order chi connectivity index (χ0) is 20.5. The molecule has 0 fully saturated rings. The van der Waals surface area contributed by atoms with E-state index >= 15 is 0 Å². The van der Waals surface area contributed by atoms with Gasteiger partial charge in [-0.05, 0) is 49.4 Å². The molecule has 0 saturated carbocycles. The van der Waals surface area contributed by atoms with Gasteiger partial charge in [0.05, 0.1) is 24.8 Å². The first kappa shape index (κ1) is 18.0. The summed E-state index contributed by atoms with van der Waals surface area (Å²) in [4.78, 5) is 12.0. The van der Waals surface area contributed by atoms with Gasteiger partial charge in [0, 0.05) is 58.2 Å². The predicted molar refractivity (Wildman–Crippen MR) is 120 cm³/mol. The number of hydrogen-bond acceptors (Lipinski definition) is 4. The van der Waals surface area contributed by atoms with Crippen molar-refractivity contribution in [2.45, 2.75) is 6.92 Å². The number of imidazole rings is 1. The second kappa shape index (κ2) is 7.40. The summed E-state index contributed by atoms with van der Waals surface area (Å²) in [6.07, 6.45) is 7.41. The van der Waals surface area contributed by atoms with Crippen LogP contribution in [0.25, 0.3) is 27.8 Å². The van der Waals surface area contributed by atoms with E-state index in [1.54, 1.807) is 19.6 Å². The average molecular weight is 395 g/mol. The number of nitrogens with one attached hydrogen (secondary N) is 2. The number of rotatable bonds is 5. The van der Waals surface area contributed by atoms with E-state index < -0.39 is 0 Å². The van der Waals surface area contributed by atoms with Gasteiger partial charge < -0.3 is 19.6 Å². The van der Waals surface area contributed by atoms with Gasteiger partial charge in [0.15, 0.2) is 0 Å². The van der Waals surface area contributed by atoms with Gasteiger partial charge in [-0.25, -0.2) is 4.98 Å². The monoisotopic (exact) mass is 395 g/mol. The third-order valence-corrected chi connectivity index (χ3v) is 5.09. The number of ether oxygens (including phenoxy) is 1. The van der Waals surface area contributed by atoms with E-state index in [4.69, 9.17) is 4.74 Å². The van der Waals surface area contributed by atoms with E-state index in [2.05, 4.69) is 38.5 Å². The number of methoxy groups -OCH3 is 1. The molecule has 2 N–H and O–H groups in total. The molecule has 3 heterocycles. The SMILES string of the molecule is COc1cc(Nc2cccc3[nH]c(-c4cccnc4)cc23)ccc1-n1cnc(C)c1. The van der Waals surface area contributed by atoms with E-state index in [0.29, 0.717) is 0 Å². The van der Waals surface area contributed by atoms with Crippen LogP contribution in [0.2, 0.25) is 0 Å². The van der Waals surface area contributed by atoms with Gasteiger partial charge in [-0.1, -0.05) is 6.07 Å². The second-order valence-electron chi connectivity index (χ2n) is 7.13. The summed E-state index contributed by atoms with van der Waals surface area (Å²) >= 11 is 0. The fraction of sp³-hybridized carbons (Fsp3) is 0.0833. The summed E-state index contributed by atoms with van der Waals surface area (Å²) < 4.78 is 7.60. The second-order valence-corrected chi connectivity index (χ2v) is 7.13. The lowest BCUT2D eigenvalue weighted by Crippen LogP contribution is -1.98. The molecule has 0 aliphatic carbocycles. The third kappa shape index (κ3) is 3.28. The Morgan fingerprint density at radius 2 is 2.00 bits per heavy atom. The van der Waals surface area contributed by atoms with Crippen molar-refractivity contribution in [2.75, 3.05) is 12.4 Å². The van der Waals surface area contributed by atoms with Gasteiger partial charge in [0.25, 0.3) is 0 Å². The van der Waals surface area contributed by atoms with Crippen LogP contribution in [-0.4, -0.2) is 26.6 Å². The fourth-order valence-corrected chi connectivity index (χ4v) is 3.62. The van der Waals surface area contributed by atoms with Gasteiger partial charge in [-0.2, -0.15) is 0 Å². The van der Waals surface area contributed by atoms with Gasteiger partial charge in [-0.15, -0.1) is 0 Å². The van der Waals surface area contributed by atoms with Crippen LogP contribution in [0.15, 0.2) is 79.5 Å². The van der Waals surface area contributed by atoms with Gasteiger partial charge >= 0.3 is 0 Å². The zero-order valence-electron chi connectivity index (χ0n) is 16.8. The molecule has 0 unspecified atom stereocenters. The molecule has 0 bridgehead atoms. The summed E-state index contributed by atoms with van der Waals surface area (Å²) in [6.45, 7) is 1.97. The zero-order valence-corrected chi connectivity index (χ0v) is 16.8. The van der Waals surface area contributed by atoms with Gasteiger partial charge in [0.1, 0.15) is 5.75 Å². The Balaban J connectivity index is 1.50. The van der Waals surface area contributed by atoms with Crippen LogP contribution in [0.3, 0.4) is 0 Å². The van der Waals surface area contributed by atoms with Crippen molar-refractivity contribution in [2.24, 2.45) is 0 Å². The molecule has 3 aromatic heterocycles. The maximum Gasteiger partial charge on any atom is 0.144 e. The first-order chi connectivity index (χ1) is 14.7. The van der Waals surface area contributed by atoms with Crippen molar-refractivity contribution in [1.29, 1.82) is 0 Å². The molecule has 0 radical (unpaired) electrons. The Labute approximate surface area is 174 Å². The molecule has 6 nitrogen and oxygen atoms in total. The molecule has 5 rings (SSSR count). The highest BCUT2D eigenvalue weighted by molar-refractivity contribution is 5.97. The molecule has 0 amide bonds. The summed E-state index contributed by atoms with van der Waals surface area (Å²) in [5.74, 6) is 0.773. The number of pyridine rings is 1. The number of aromatic amines is 1. The number of anilines is 2. The number of hydrogen-bond donors (Lipinski definition) is 2. The van der Waals surface area contributed by atoms with Crippen LogP contribution in [0.5, 0.6) is 5.75 Å². The molecule has 0 aliphatic heterocycles. The first-order valence-corrected chi connectivity index (χ1v) is 9.69. The van der Waals surface area contributed by atoms with Crippen LogP contribution >= 0.6 is 0 Å². The van der Waals surface area contributed by atoms with E-state index in [-0.39, 0.29) is 0 Å². The van der Waals surface area contributed by atoms with Crippen LogP contribution < -0.4 is 10.1 Å². The Hall–Kier alpha value is -4.06. The predicted octanol–water partition coefficient (Wildman–Crippen LogP) is 5.48. The molecule has 6 heteroatoms. The smallest absolute Gasteiger partial charge is 0.144 e. The number of aryl methyl sites for hydroxylation is 1. The van der Waals surface area contributed by atoms with Gasteiger partial charge in [-0.3, -0.25) is 4.98 Å². The molecule has 148 valence electrons. The molecule has 2 aromatic carbocycles. The standard InChI is InChI=1S/C24H21N5O/c1-16-14-29(15-26-16)23-9-8-18(11-24(23)30-2)27-20-6-3-7-21-19(20)12-22(28-21)17-5-4-10-25-13-17/h3-15,27-28H,1-2H3. The topological polar surface area (TPSA) is 67.8 Å². The maximum absolute atomic E-state index is 5.64. The van der Waals surface area contributed by atoms with Crippen molar-refractivity contribution < 1.29 is 4.74 Å². The summed E-state index contributed by atoms with van der Waals surface area (Å²) in [5, 5.41) is 4.65. The van der Waals surface area contributed by atoms with Crippen molar-refractivity contribution in [3.8, 4) is 22.7 Å². The highest BCUT2D eigenvalue weighted by Gasteiger charge is 2.10. The Kier molecular flexibility index (Phi) is 4.44. The molecule has 30 heavy (non-hydrogen) atoms. The van der Waals surface area contributed by atoms with E-state index in [0.717, 1.165) is 50.7 Å². The lowest BCUT2D eigenvalue weighted by Gasteiger charge is -2.13.